The Balaban J connectivity index is 2.07. The van der Waals surface area contributed by atoms with Crippen LogP contribution in [0.1, 0.15) is 60.8 Å². The van der Waals surface area contributed by atoms with E-state index in [1.807, 2.05) is 44.2 Å². The van der Waals surface area contributed by atoms with Gasteiger partial charge in [-0.2, -0.15) is 9.49 Å². The van der Waals surface area contributed by atoms with Gasteiger partial charge in [-0.3, -0.25) is 4.79 Å². The van der Waals surface area contributed by atoms with E-state index in [4.69, 9.17) is 0 Å². The molecule has 1 unspecified atom stereocenters. The first-order valence-electron chi connectivity index (χ1n) is 8.71. The quantitative estimate of drug-likeness (QED) is 0.756. The second kappa shape index (κ2) is 7.13. The Kier molecular flexibility index (Phi) is 5.07. The zero-order valence-corrected chi connectivity index (χ0v) is 15.0. The topological polar surface area (TPSA) is 38.1 Å². The number of alkyl halides is 2. The fourth-order valence-corrected chi connectivity index (χ4v) is 3.39. The van der Waals surface area contributed by atoms with Crippen molar-refractivity contribution in [1.82, 2.24) is 14.7 Å². The van der Waals surface area contributed by atoms with E-state index in [1.165, 1.54) is 7.05 Å². The van der Waals surface area contributed by atoms with Crippen LogP contribution in [0.4, 0.5) is 13.2 Å². The SMILES string of the molecule is CC(C)C(c1ccccc1)N(C(=O)c1c(C(F)F)nn(C)c1F)C1CC1. The number of rotatable bonds is 6. The van der Waals surface area contributed by atoms with Crippen molar-refractivity contribution in [3.8, 4) is 0 Å². The molecule has 0 saturated heterocycles. The van der Waals surface area contributed by atoms with Crippen molar-refractivity contribution in [2.45, 2.75) is 45.2 Å². The lowest BCUT2D eigenvalue weighted by molar-refractivity contribution is 0.0585. The third kappa shape index (κ3) is 3.34. The molecule has 1 heterocycles. The van der Waals surface area contributed by atoms with Gasteiger partial charge in [-0.15, -0.1) is 0 Å². The summed E-state index contributed by atoms with van der Waals surface area (Å²) in [5, 5.41) is 3.51. The average Bonchev–Trinajstić information content (AvgIpc) is 3.38. The Morgan fingerprint density at radius 2 is 1.85 bits per heavy atom. The van der Waals surface area contributed by atoms with Crippen molar-refractivity contribution in [3.05, 3.63) is 53.1 Å². The second-order valence-electron chi connectivity index (χ2n) is 7.02. The van der Waals surface area contributed by atoms with Crippen molar-refractivity contribution < 1.29 is 18.0 Å². The highest BCUT2D eigenvalue weighted by molar-refractivity contribution is 5.96. The monoisotopic (exact) mass is 365 g/mol. The van der Waals surface area contributed by atoms with Crippen LogP contribution < -0.4 is 0 Å². The molecule has 1 aromatic heterocycles. The summed E-state index contributed by atoms with van der Waals surface area (Å²) < 4.78 is 41.8. The average molecular weight is 365 g/mol. The minimum Gasteiger partial charge on any atom is -0.328 e. The van der Waals surface area contributed by atoms with Crippen LogP contribution in [-0.2, 0) is 7.05 Å². The lowest BCUT2D eigenvalue weighted by Crippen LogP contribution is -2.40. The number of aryl methyl sites for hydroxylation is 1. The summed E-state index contributed by atoms with van der Waals surface area (Å²) in [6.07, 6.45) is -1.44. The first-order valence-corrected chi connectivity index (χ1v) is 8.71. The molecular formula is C19H22F3N3O. The molecule has 1 fully saturated rings. The van der Waals surface area contributed by atoms with Crippen LogP contribution in [0.15, 0.2) is 30.3 Å². The number of halogens is 3. The molecule has 0 radical (unpaired) electrons. The molecule has 0 N–H and O–H groups in total. The maximum atomic E-state index is 14.5. The predicted octanol–water partition coefficient (Wildman–Crippen LogP) is 4.50. The lowest BCUT2D eigenvalue weighted by atomic mass is 9.93. The van der Waals surface area contributed by atoms with E-state index in [0.29, 0.717) is 4.68 Å². The zero-order valence-electron chi connectivity index (χ0n) is 15.0. The molecule has 140 valence electrons. The summed E-state index contributed by atoms with van der Waals surface area (Å²) in [7, 11) is 1.22. The molecule has 1 atom stereocenters. The summed E-state index contributed by atoms with van der Waals surface area (Å²) in [6.45, 7) is 3.93. The van der Waals surface area contributed by atoms with E-state index in [9.17, 15) is 18.0 Å². The van der Waals surface area contributed by atoms with E-state index in [1.54, 1.807) is 4.90 Å². The van der Waals surface area contributed by atoms with E-state index >= 15 is 0 Å². The molecule has 0 bridgehead atoms. The van der Waals surface area contributed by atoms with Crippen LogP contribution in [0, 0.1) is 11.9 Å². The number of carbonyl (C=O) groups excluding carboxylic acids is 1. The molecule has 1 aromatic carbocycles. The molecule has 4 nitrogen and oxygen atoms in total. The van der Waals surface area contributed by atoms with Gasteiger partial charge in [0.25, 0.3) is 12.3 Å². The van der Waals surface area contributed by atoms with Gasteiger partial charge in [-0.1, -0.05) is 44.2 Å². The summed E-state index contributed by atoms with van der Waals surface area (Å²) in [5.74, 6) is -1.70. The Labute approximate surface area is 150 Å². The van der Waals surface area contributed by atoms with Gasteiger partial charge in [0.05, 0.1) is 6.04 Å². The number of benzene rings is 1. The molecule has 1 saturated carbocycles. The summed E-state index contributed by atoms with van der Waals surface area (Å²) in [5.41, 5.74) is -0.502. The number of amides is 1. The molecular weight excluding hydrogens is 343 g/mol. The summed E-state index contributed by atoms with van der Waals surface area (Å²) >= 11 is 0. The maximum absolute atomic E-state index is 14.5. The zero-order chi connectivity index (χ0) is 19.0. The maximum Gasteiger partial charge on any atom is 0.283 e. The van der Waals surface area contributed by atoms with Crippen LogP contribution in [-0.4, -0.2) is 26.6 Å². The summed E-state index contributed by atoms with van der Waals surface area (Å²) in [4.78, 5) is 14.8. The molecule has 3 rings (SSSR count). The van der Waals surface area contributed by atoms with Crippen LogP contribution in [0.5, 0.6) is 0 Å². The number of nitrogens with zero attached hydrogens (tertiary/aromatic N) is 3. The number of carbonyl (C=O) groups is 1. The Bertz CT molecular complexity index is 785. The standard InChI is InChI=1S/C19H22F3N3O/c1-11(2)16(12-7-5-4-6-8-12)25(13-9-10-13)19(26)14-15(17(20)21)23-24(3)18(14)22/h4-8,11,13,16-17H,9-10H2,1-3H3. The number of hydrogen-bond acceptors (Lipinski definition) is 2. The van der Waals surface area contributed by atoms with E-state index in [0.717, 1.165) is 18.4 Å². The van der Waals surface area contributed by atoms with Crippen molar-refractivity contribution >= 4 is 5.91 Å². The molecule has 0 aliphatic heterocycles. The molecule has 1 amide bonds. The van der Waals surface area contributed by atoms with Crippen molar-refractivity contribution in [2.75, 3.05) is 0 Å². The van der Waals surface area contributed by atoms with Gasteiger partial charge in [0.2, 0.25) is 5.95 Å². The van der Waals surface area contributed by atoms with Crippen LogP contribution in [0.3, 0.4) is 0 Å². The van der Waals surface area contributed by atoms with Gasteiger partial charge in [0.1, 0.15) is 11.3 Å². The van der Waals surface area contributed by atoms with Crippen LogP contribution in [0.25, 0.3) is 0 Å². The van der Waals surface area contributed by atoms with Gasteiger partial charge >= 0.3 is 0 Å². The van der Waals surface area contributed by atoms with Crippen molar-refractivity contribution in [1.29, 1.82) is 0 Å². The largest absolute Gasteiger partial charge is 0.328 e. The van der Waals surface area contributed by atoms with Crippen LogP contribution >= 0.6 is 0 Å². The van der Waals surface area contributed by atoms with Gasteiger partial charge in [0, 0.05) is 13.1 Å². The fourth-order valence-electron chi connectivity index (χ4n) is 3.39. The molecule has 0 spiro atoms. The first-order chi connectivity index (χ1) is 12.3. The van der Waals surface area contributed by atoms with Gasteiger partial charge in [-0.05, 0) is 24.3 Å². The molecule has 1 aliphatic carbocycles. The third-order valence-electron chi connectivity index (χ3n) is 4.67. The number of hydrogen-bond donors (Lipinski definition) is 0. The minimum atomic E-state index is -3.01. The third-order valence-corrected chi connectivity index (χ3v) is 4.67. The van der Waals surface area contributed by atoms with Crippen LogP contribution in [0.2, 0.25) is 0 Å². The van der Waals surface area contributed by atoms with Gasteiger partial charge in [-0.25, -0.2) is 13.5 Å². The molecule has 1 aliphatic rings. The fraction of sp³-hybridized carbons (Fsp3) is 0.474. The molecule has 26 heavy (non-hydrogen) atoms. The molecule has 7 heteroatoms. The van der Waals surface area contributed by atoms with E-state index in [-0.39, 0.29) is 18.0 Å². The Morgan fingerprint density at radius 3 is 2.35 bits per heavy atom. The van der Waals surface area contributed by atoms with Crippen molar-refractivity contribution in [2.24, 2.45) is 13.0 Å². The smallest absolute Gasteiger partial charge is 0.283 e. The minimum absolute atomic E-state index is 0.0386. The Morgan fingerprint density at radius 1 is 1.23 bits per heavy atom. The van der Waals surface area contributed by atoms with Gasteiger partial charge < -0.3 is 4.90 Å². The number of aromatic nitrogens is 2. The highest BCUT2D eigenvalue weighted by Crippen LogP contribution is 2.40. The normalized spacial score (nSPS) is 15.5. The lowest BCUT2D eigenvalue weighted by Gasteiger charge is -2.35. The summed E-state index contributed by atoms with van der Waals surface area (Å²) in [6, 6.07) is 9.04. The highest BCUT2D eigenvalue weighted by atomic mass is 19.3. The highest BCUT2D eigenvalue weighted by Gasteiger charge is 2.42. The second-order valence-corrected chi connectivity index (χ2v) is 7.02. The Hall–Kier alpha value is -2.31. The first kappa shape index (κ1) is 18.5. The predicted molar refractivity (Wildman–Crippen MR) is 91.3 cm³/mol. The van der Waals surface area contributed by atoms with E-state index < -0.39 is 29.5 Å². The van der Waals surface area contributed by atoms with Gasteiger partial charge in [0.15, 0.2) is 0 Å². The molecule has 2 aromatic rings. The van der Waals surface area contributed by atoms with E-state index in [2.05, 4.69) is 5.10 Å². The van der Waals surface area contributed by atoms with Crippen molar-refractivity contribution in [3.63, 3.8) is 0 Å².